The lowest BCUT2D eigenvalue weighted by Gasteiger charge is -2.03. The van der Waals surface area contributed by atoms with Crippen LogP contribution in [0.5, 0.6) is 0 Å². The summed E-state index contributed by atoms with van der Waals surface area (Å²) in [6, 6.07) is 0. The molecule has 1 atom stereocenters. The molecule has 1 unspecified atom stereocenters. The normalized spacial score (nSPS) is 13.9. The molecule has 0 bridgehead atoms. The molecular weight excluding hydrogens is 108 g/mol. The third kappa shape index (κ3) is 4.05. The Bertz CT molecular complexity index is 46.9. The first kappa shape index (κ1) is 7.88. The van der Waals surface area contributed by atoms with Crippen molar-refractivity contribution >= 4 is 0 Å². The Balaban J connectivity index is 2.86. The summed E-state index contributed by atoms with van der Waals surface area (Å²) in [5.74, 6) is 0. The second-order valence-corrected chi connectivity index (χ2v) is 1.68. The predicted molar refractivity (Wildman–Crippen MR) is 29.5 cm³/mol. The van der Waals surface area contributed by atoms with Crippen LogP contribution >= 0.6 is 0 Å². The van der Waals surface area contributed by atoms with Gasteiger partial charge in [0.1, 0.15) is 0 Å². The van der Waals surface area contributed by atoms with E-state index in [4.69, 9.17) is 10.4 Å². The van der Waals surface area contributed by atoms with E-state index in [2.05, 4.69) is 4.89 Å². The second kappa shape index (κ2) is 5.03. The van der Waals surface area contributed by atoms with E-state index in [-0.39, 0.29) is 12.7 Å². The number of aliphatic hydroxyl groups is 1. The molecule has 0 aromatic rings. The van der Waals surface area contributed by atoms with Crippen LogP contribution in [0.25, 0.3) is 0 Å². The van der Waals surface area contributed by atoms with Crippen LogP contribution in [0.3, 0.4) is 0 Å². The molecule has 8 heavy (non-hydrogen) atoms. The molecule has 50 valence electrons. The van der Waals surface area contributed by atoms with Gasteiger partial charge in [0.05, 0.1) is 12.7 Å². The summed E-state index contributed by atoms with van der Waals surface area (Å²) in [6.07, 6.45) is 0.887. The van der Waals surface area contributed by atoms with Crippen molar-refractivity contribution in [3.63, 3.8) is 0 Å². The largest absolute Gasteiger partial charge is 0.393 e. The Labute approximate surface area is 48.8 Å². The van der Waals surface area contributed by atoms with E-state index >= 15 is 0 Å². The van der Waals surface area contributed by atoms with Gasteiger partial charge in [-0.1, -0.05) is 6.92 Å². The molecule has 0 aliphatic rings. The van der Waals surface area contributed by atoms with Crippen molar-refractivity contribution in [1.82, 2.24) is 0 Å². The van der Waals surface area contributed by atoms with Gasteiger partial charge in [0.25, 0.3) is 0 Å². The van der Waals surface area contributed by atoms with Crippen molar-refractivity contribution in [2.45, 2.75) is 25.9 Å². The summed E-state index contributed by atoms with van der Waals surface area (Å²) in [4.78, 5) is 3.75. The fraction of sp³-hybridized carbons (Fsp3) is 1.00. The summed E-state index contributed by atoms with van der Waals surface area (Å²) in [5, 5.41) is 16.6. The van der Waals surface area contributed by atoms with Gasteiger partial charge in [-0.25, -0.2) is 4.89 Å². The van der Waals surface area contributed by atoms with Crippen LogP contribution in [-0.2, 0) is 4.89 Å². The van der Waals surface area contributed by atoms with E-state index in [9.17, 15) is 0 Å². The predicted octanol–water partition coefficient (Wildman–Crippen LogP) is 0.637. The minimum absolute atomic E-state index is 0.217. The monoisotopic (exact) mass is 120 g/mol. The summed E-state index contributed by atoms with van der Waals surface area (Å²) < 4.78 is 0. The first-order valence-corrected chi connectivity index (χ1v) is 2.75. The molecule has 0 amide bonds. The molecule has 3 heteroatoms. The molecule has 0 aromatic heterocycles. The average molecular weight is 120 g/mol. The van der Waals surface area contributed by atoms with E-state index in [0.29, 0.717) is 12.8 Å². The third-order valence-corrected chi connectivity index (χ3v) is 1.01. The molecule has 2 N–H and O–H groups in total. The molecule has 0 rings (SSSR count). The molecule has 0 aliphatic heterocycles. The maximum absolute atomic E-state index is 8.80. The van der Waals surface area contributed by atoms with Gasteiger partial charge in [-0.2, -0.15) is 0 Å². The Morgan fingerprint density at radius 2 is 2.25 bits per heavy atom. The van der Waals surface area contributed by atoms with Crippen molar-refractivity contribution in [2.75, 3.05) is 6.61 Å². The van der Waals surface area contributed by atoms with Gasteiger partial charge in [0.15, 0.2) is 0 Å². The summed E-state index contributed by atoms with van der Waals surface area (Å²) in [7, 11) is 0. The molecule has 0 heterocycles. The Kier molecular flexibility index (Phi) is 4.95. The van der Waals surface area contributed by atoms with E-state index in [1.54, 1.807) is 0 Å². The molecule has 0 fully saturated rings. The molecular formula is C5H12O3. The van der Waals surface area contributed by atoms with Crippen LogP contribution in [-0.4, -0.2) is 23.1 Å². The maximum Gasteiger partial charge on any atom is 0.0844 e. The van der Waals surface area contributed by atoms with Crippen LogP contribution in [0.15, 0.2) is 0 Å². The number of aliphatic hydroxyl groups excluding tert-OH is 1. The molecule has 0 radical (unpaired) electrons. The molecule has 3 nitrogen and oxygen atoms in total. The van der Waals surface area contributed by atoms with E-state index in [1.807, 2.05) is 6.92 Å². The lowest BCUT2D eigenvalue weighted by atomic mass is 10.2. The highest BCUT2D eigenvalue weighted by Crippen LogP contribution is 1.94. The highest BCUT2D eigenvalue weighted by atomic mass is 17.1. The van der Waals surface area contributed by atoms with E-state index in [0.717, 1.165) is 0 Å². The van der Waals surface area contributed by atoms with Crippen molar-refractivity contribution < 1.29 is 15.3 Å². The van der Waals surface area contributed by atoms with Gasteiger partial charge < -0.3 is 5.11 Å². The number of hydrogen-bond donors (Lipinski definition) is 2. The summed E-state index contributed by atoms with van der Waals surface area (Å²) >= 11 is 0. The van der Waals surface area contributed by atoms with E-state index in [1.165, 1.54) is 0 Å². The van der Waals surface area contributed by atoms with Crippen molar-refractivity contribution in [2.24, 2.45) is 0 Å². The SMILES string of the molecule is CCC(O)CCOO. The van der Waals surface area contributed by atoms with Gasteiger partial charge in [-0.3, -0.25) is 5.26 Å². The lowest BCUT2D eigenvalue weighted by molar-refractivity contribution is -0.245. The highest BCUT2D eigenvalue weighted by Gasteiger charge is 1.97. The van der Waals surface area contributed by atoms with Gasteiger partial charge in [-0.05, 0) is 12.8 Å². The smallest absolute Gasteiger partial charge is 0.0844 e. The Morgan fingerprint density at radius 1 is 1.62 bits per heavy atom. The van der Waals surface area contributed by atoms with Gasteiger partial charge in [0, 0.05) is 0 Å². The van der Waals surface area contributed by atoms with Gasteiger partial charge in [-0.15, -0.1) is 0 Å². The Hall–Kier alpha value is -0.120. The average Bonchev–Trinajstić information content (AvgIpc) is 1.83. The minimum Gasteiger partial charge on any atom is -0.393 e. The number of rotatable bonds is 4. The van der Waals surface area contributed by atoms with Crippen molar-refractivity contribution in [1.29, 1.82) is 0 Å². The first-order chi connectivity index (χ1) is 3.81. The van der Waals surface area contributed by atoms with Crippen LogP contribution in [0.1, 0.15) is 19.8 Å². The Morgan fingerprint density at radius 3 is 2.62 bits per heavy atom. The number of hydrogen-bond acceptors (Lipinski definition) is 3. The van der Waals surface area contributed by atoms with Gasteiger partial charge >= 0.3 is 0 Å². The van der Waals surface area contributed by atoms with Crippen LogP contribution < -0.4 is 0 Å². The maximum atomic E-state index is 8.80. The lowest BCUT2D eigenvalue weighted by Crippen LogP contribution is -2.07. The molecule has 0 spiro atoms. The fourth-order valence-corrected chi connectivity index (χ4v) is 0.393. The fourth-order valence-electron chi connectivity index (χ4n) is 0.393. The second-order valence-electron chi connectivity index (χ2n) is 1.68. The molecule has 0 aromatic carbocycles. The highest BCUT2D eigenvalue weighted by molar-refractivity contribution is 4.48. The zero-order valence-electron chi connectivity index (χ0n) is 5.00. The molecule has 0 saturated heterocycles. The van der Waals surface area contributed by atoms with Crippen LogP contribution in [0, 0.1) is 0 Å². The zero-order valence-corrected chi connectivity index (χ0v) is 5.00. The topological polar surface area (TPSA) is 49.7 Å². The quantitative estimate of drug-likeness (QED) is 0.422. The van der Waals surface area contributed by atoms with Crippen molar-refractivity contribution in [3.05, 3.63) is 0 Å². The molecule has 0 aliphatic carbocycles. The van der Waals surface area contributed by atoms with E-state index < -0.39 is 0 Å². The standard InChI is InChI=1S/C5H12O3/c1-2-5(6)3-4-8-7/h5-7H,2-4H2,1H3. The van der Waals surface area contributed by atoms with Crippen LogP contribution in [0.4, 0.5) is 0 Å². The summed E-state index contributed by atoms with van der Waals surface area (Å²) in [6.45, 7) is 2.09. The van der Waals surface area contributed by atoms with Crippen molar-refractivity contribution in [3.8, 4) is 0 Å². The third-order valence-electron chi connectivity index (χ3n) is 1.01. The molecule has 0 saturated carbocycles. The first-order valence-electron chi connectivity index (χ1n) is 2.75. The minimum atomic E-state index is -0.331. The zero-order chi connectivity index (χ0) is 6.41. The summed E-state index contributed by atoms with van der Waals surface area (Å²) in [5.41, 5.74) is 0. The van der Waals surface area contributed by atoms with Gasteiger partial charge in [0.2, 0.25) is 0 Å². The van der Waals surface area contributed by atoms with Crippen LogP contribution in [0.2, 0.25) is 0 Å².